The van der Waals surface area contributed by atoms with Gasteiger partial charge < -0.3 is 9.88 Å². The fourth-order valence-corrected chi connectivity index (χ4v) is 4.43. The van der Waals surface area contributed by atoms with Crippen LogP contribution in [0.3, 0.4) is 0 Å². The molecule has 7 nitrogen and oxygen atoms in total. The average Bonchev–Trinajstić information content (AvgIpc) is 3.47. The first-order chi connectivity index (χ1) is 17.1. The van der Waals surface area contributed by atoms with Gasteiger partial charge in [0.25, 0.3) is 0 Å². The number of nitrogens with zero attached hydrogens (tertiary/aromatic N) is 5. The number of H-pyrrole nitrogens is 2. The number of pyridine rings is 3. The van der Waals surface area contributed by atoms with E-state index in [1.54, 1.807) is 24.5 Å². The van der Waals surface area contributed by atoms with Gasteiger partial charge in [0.05, 0.1) is 23.1 Å². The molecule has 6 aromatic rings. The molecule has 0 radical (unpaired) electrons. The van der Waals surface area contributed by atoms with Gasteiger partial charge in [0.15, 0.2) is 0 Å². The SMILES string of the molecule is CN(C)Cc1cncc(-c2cc3c(-c4cc5c(-c6ccccc6F)ccnc5[nH]4)n[nH]c3cn2)c1. The molecule has 0 aliphatic heterocycles. The summed E-state index contributed by atoms with van der Waals surface area (Å²) < 4.78 is 14.5. The first kappa shape index (κ1) is 21.1. The van der Waals surface area contributed by atoms with Crippen LogP contribution in [0.2, 0.25) is 0 Å². The molecule has 0 aliphatic rings. The van der Waals surface area contributed by atoms with Gasteiger partial charge in [-0.15, -0.1) is 0 Å². The summed E-state index contributed by atoms with van der Waals surface area (Å²) in [5.74, 6) is -0.270. The van der Waals surface area contributed by atoms with Crippen molar-refractivity contribution >= 4 is 21.9 Å². The van der Waals surface area contributed by atoms with E-state index < -0.39 is 0 Å². The maximum absolute atomic E-state index is 14.5. The molecule has 0 spiro atoms. The molecule has 0 saturated carbocycles. The van der Waals surface area contributed by atoms with E-state index in [2.05, 4.69) is 41.1 Å². The summed E-state index contributed by atoms with van der Waals surface area (Å²) in [6.45, 7) is 0.798. The van der Waals surface area contributed by atoms with Crippen molar-refractivity contribution in [3.8, 4) is 33.8 Å². The van der Waals surface area contributed by atoms with E-state index in [0.717, 1.165) is 56.6 Å². The summed E-state index contributed by atoms with van der Waals surface area (Å²) in [6.07, 6.45) is 7.16. The Kier molecular flexibility index (Phi) is 5.08. The van der Waals surface area contributed by atoms with Crippen molar-refractivity contribution in [1.29, 1.82) is 0 Å². The number of aromatic nitrogens is 6. The number of aromatic amines is 2. The first-order valence-corrected chi connectivity index (χ1v) is 11.2. The molecule has 0 bridgehead atoms. The van der Waals surface area contributed by atoms with Gasteiger partial charge >= 0.3 is 0 Å². The summed E-state index contributed by atoms with van der Waals surface area (Å²) >= 11 is 0. The molecule has 1 aromatic carbocycles. The number of nitrogens with one attached hydrogen (secondary N) is 2. The predicted octanol–water partition coefficient (Wildman–Crippen LogP) is 5.43. The largest absolute Gasteiger partial charge is 0.338 e. The number of benzene rings is 1. The standard InChI is InChI=1S/C27H22FN7/c1-35(2)15-16-9-17(13-29-12-16)23-11-21-25(14-31-23)33-34-26(21)24-10-20-18(7-8-30-27(20)32-24)19-5-3-4-6-22(19)28/h3-14H,15H2,1-2H3,(H,30,32)(H,33,34). The van der Waals surface area contributed by atoms with E-state index in [-0.39, 0.29) is 5.82 Å². The van der Waals surface area contributed by atoms with Crippen LogP contribution in [-0.2, 0) is 6.54 Å². The maximum atomic E-state index is 14.5. The average molecular weight is 464 g/mol. The van der Waals surface area contributed by atoms with Crippen molar-refractivity contribution in [2.24, 2.45) is 0 Å². The molecule has 0 atom stereocenters. The van der Waals surface area contributed by atoms with E-state index in [1.807, 2.05) is 50.8 Å². The van der Waals surface area contributed by atoms with E-state index in [1.165, 1.54) is 6.07 Å². The van der Waals surface area contributed by atoms with Crippen molar-refractivity contribution in [2.75, 3.05) is 14.1 Å². The van der Waals surface area contributed by atoms with Gasteiger partial charge in [0.2, 0.25) is 0 Å². The molecular weight excluding hydrogens is 441 g/mol. The highest BCUT2D eigenvalue weighted by atomic mass is 19.1. The highest BCUT2D eigenvalue weighted by Crippen LogP contribution is 2.34. The third-order valence-corrected chi connectivity index (χ3v) is 5.99. The van der Waals surface area contributed by atoms with Crippen LogP contribution in [0, 0.1) is 5.82 Å². The summed E-state index contributed by atoms with van der Waals surface area (Å²) in [7, 11) is 4.06. The van der Waals surface area contributed by atoms with E-state index in [4.69, 9.17) is 0 Å². The molecule has 0 saturated heterocycles. The zero-order valence-corrected chi connectivity index (χ0v) is 19.2. The van der Waals surface area contributed by atoms with E-state index in [9.17, 15) is 4.39 Å². The Hall–Kier alpha value is -4.43. The van der Waals surface area contributed by atoms with Gasteiger partial charge in [-0.25, -0.2) is 9.37 Å². The lowest BCUT2D eigenvalue weighted by Gasteiger charge is -2.10. The summed E-state index contributed by atoms with van der Waals surface area (Å²) in [5, 5.41) is 9.37. The van der Waals surface area contributed by atoms with Gasteiger partial charge in [-0.05, 0) is 55.6 Å². The second-order valence-electron chi connectivity index (χ2n) is 8.79. The van der Waals surface area contributed by atoms with Crippen LogP contribution < -0.4 is 0 Å². The van der Waals surface area contributed by atoms with Crippen LogP contribution in [0.4, 0.5) is 4.39 Å². The fraction of sp³-hybridized carbons (Fsp3) is 0.111. The zero-order chi connectivity index (χ0) is 23.9. The van der Waals surface area contributed by atoms with Gasteiger partial charge in [-0.2, -0.15) is 5.10 Å². The quantitative estimate of drug-likeness (QED) is 0.356. The lowest BCUT2D eigenvalue weighted by atomic mass is 10.0. The monoisotopic (exact) mass is 463 g/mol. The maximum Gasteiger partial charge on any atom is 0.138 e. The second-order valence-corrected chi connectivity index (χ2v) is 8.79. The van der Waals surface area contributed by atoms with Crippen molar-refractivity contribution in [1.82, 2.24) is 35.0 Å². The number of halogens is 1. The van der Waals surface area contributed by atoms with E-state index >= 15 is 0 Å². The van der Waals surface area contributed by atoms with Crippen molar-refractivity contribution in [3.63, 3.8) is 0 Å². The predicted molar refractivity (Wildman–Crippen MR) is 135 cm³/mol. The van der Waals surface area contributed by atoms with Crippen molar-refractivity contribution < 1.29 is 4.39 Å². The van der Waals surface area contributed by atoms with E-state index in [0.29, 0.717) is 11.2 Å². The molecular formula is C27H22FN7. The Balaban J connectivity index is 1.46. The molecule has 0 amide bonds. The minimum absolute atomic E-state index is 0.270. The Morgan fingerprint density at radius 3 is 2.66 bits per heavy atom. The number of fused-ring (bicyclic) bond motifs is 2. The Morgan fingerprint density at radius 2 is 1.80 bits per heavy atom. The molecule has 35 heavy (non-hydrogen) atoms. The normalized spacial score (nSPS) is 11.7. The number of hydrogen-bond acceptors (Lipinski definition) is 5. The molecule has 2 N–H and O–H groups in total. The van der Waals surface area contributed by atoms with Gasteiger partial charge in [0, 0.05) is 47.0 Å². The lowest BCUT2D eigenvalue weighted by molar-refractivity contribution is 0.402. The molecule has 6 rings (SSSR count). The Bertz CT molecular complexity index is 1680. The highest BCUT2D eigenvalue weighted by molar-refractivity contribution is 6.00. The topological polar surface area (TPSA) is 86.4 Å². The third-order valence-electron chi connectivity index (χ3n) is 5.99. The van der Waals surface area contributed by atoms with Crippen LogP contribution in [0.25, 0.3) is 55.7 Å². The molecule has 0 fully saturated rings. The molecule has 172 valence electrons. The van der Waals surface area contributed by atoms with Crippen molar-refractivity contribution in [2.45, 2.75) is 6.54 Å². The number of hydrogen-bond donors (Lipinski definition) is 2. The Morgan fingerprint density at radius 1 is 0.914 bits per heavy atom. The second kappa shape index (κ2) is 8.41. The number of rotatable bonds is 5. The van der Waals surface area contributed by atoms with Gasteiger partial charge in [-0.1, -0.05) is 18.2 Å². The highest BCUT2D eigenvalue weighted by Gasteiger charge is 2.16. The van der Waals surface area contributed by atoms with Gasteiger partial charge in [0.1, 0.15) is 17.2 Å². The minimum Gasteiger partial charge on any atom is -0.338 e. The zero-order valence-electron chi connectivity index (χ0n) is 19.2. The van der Waals surface area contributed by atoms with Crippen LogP contribution in [0.1, 0.15) is 5.56 Å². The summed E-state index contributed by atoms with van der Waals surface area (Å²) in [6, 6.07) is 14.7. The third kappa shape index (κ3) is 3.83. The fourth-order valence-electron chi connectivity index (χ4n) is 4.43. The van der Waals surface area contributed by atoms with Crippen LogP contribution in [0.5, 0.6) is 0 Å². The van der Waals surface area contributed by atoms with Gasteiger partial charge in [-0.3, -0.25) is 15.1 Å². The molecule has 5 aromatic heterocycles. The molecule has 5 heterocycles. The van der Waals surface area contributed by atoms with Crippen LogP contribution in [-0.4, -0.2) is 49.1 Å². The summed E-state index contributed by atoms with van der Waals surface area (Å²) in [4.78, 5) is 18.9. The first-order valence-electron chi connectivity index (χ1n) is 11.2. The minimum atomic E-state index is -0.270. The smallest absolute Gasteiger partial charge is 0.138 e. The van der Waals surface area contributed by atoms with Crippen LogP contribution >= 0.6 is 0 Å². The molecule has 8 heteroatoms. The van der Waals surface area contributed by atoms with Crippen molar-refractivity contribution in [3.05, 3.63) is 84.7 Å². The molecule has 0 unspecified atom stereocenters. The summed E-state index contributed by atoms with van der Waals surface area (Å²) in [5.41, 5.74) is 7.22. The van der Waals surface area contributed by atoms with Crippen LogP contribution in [0.15, 0.2) is 73.3 Å². The lowest BCUT2D eigenvalue weighted by Crippen LogP contribution is -2.10. The molecule has 0 aliphatic carbocycles. The Labute approximate surface area is 200 Å².